The van der Waals surface area contributed by atoms with Crippen LogP contribution in [0.25, 0.3) is 0 Å². The topological polar surface area (TPSA) is 24.7 Å². The molecule has 1 aliphatic rings. The molecule has 7 heavy (non-hydrogen) atoms. The van der Waals surface area contributed by atoms with Crippen molar-refractivity contribution in [2.75, 3.05) is 0 Å². The van der Waals surface area contributed by atoms with Gasteiger partial charge in [-0.25, -0.2) is 0 Å². The Morgan fingerprint density at radius 3 is 2.71 bits per heavy atom. The van der Waals surface area contributed by atoms with Crippen LogP contribution in [0, 0.1) is 0 Å². The summed E-state index contributed by atoms with van der Waals surface area (Å²) < 4.78 is 0.985. The van der Waals surface area contributed by atoms with Crippen LogP contribution in [0.4, 0.5) is 0 Å². The minimum absolute atomic E-state index is 0.208. The lowest BCUT2D eigenvalue weighted by atomic mass is 10.6. The van der Waals surface area contributed by atoms with E-state index in [4.69, 9.17) is 11.6 Å². The zero-order valence-electron chi connectivity index (χ0n) is 3.31. The van der Waals surface area contributed by atoms with Crippen molar-refractivity contribution in [2.24, 2.45) is 10.2 Å². The molecule has 0 saturated carbocycles. The molecule has 1 aliphatic heterocycles. The highest BCUT2D eigenvalue weighted by atomic mass is 127. The van der Waals surface area contributed by atoms with Crippen molar-refractivity contribution < 1.29 is 0 Å². The Hall–Kier alpha value is 0.360. The van der Waals surface area contributed by atoms with Crippen LogP contribution in [-0.2, 0) is 0 Å². The Labute approximate surface area is 59.8 Å². The number of nitrogens with zero attached hydrogens (tertiary/aromatic N) is 2. The van der Waals surface area contributed by atoms with E-state index in [1.165, 1.54) is 0 Å². The van der Waals surface area contributed by atoms with Gasteiger partial charge in [-0.1, -0.05) is 11.6 Å². The van der Waals surface area contributed by atoms with Gasteiger partial charge in [-0.05, 0) is 22.6 Å². The lowest BCUT2D eigenvalue weighted by molar-refractivity contribution is 1.06. The highest BCUT2D eigenvalue weighted by molar-refractivity contribution is 14.1. The monoisotopic (exact) mass is 228 g/mol. The second-order valence-corrected chi connectivity index (χ2v) is 2.74. The lowest BCUT2D eigenvalue weighted by Gasteiger charge is -1.87. The molecule has 0 aromatic heterocycles. The summed E-state index contributed by atoms with van der Waals surface area (Å²) in [6.45, 7) is 0. The van der Waals surface area contributed by atoms with Crippen molar-refractivity contribution in [3.05, 3.63) is 9.78 Å². The third-order valence-corrected chi connectivity index (χ3v) is 2.14. The smallest absolute Gasteiger partial charge is 0.164 e. The Balaban J connectivity index is 2.69. The van der Waals surface area contributed by atoms with E-state index in [-0.39, 0.29) is 5.50 Å². The molecule has 0 bridgehead atoms. The van der Waals surface area contributed by atoms with E-state index >= 15 is 0 Å². The third kappa shape index (κ3) is 1.13. The first-order valence-electron chi connectivity index (χ1n) is 1.70. The average molecular weight is 228 g/mol. The van der Waals surface area contributed by atoms with Crippen LogP contribution in [0.1, 0.15) is 0 Å². The summed E-state index contributed by atoms with van der Waals surface area (Å²) in [5, 5.41) is 7.18. The Morgan fingerprint density at radius 2 is 2.57 bits per heavy atom. The summed E-state index contributed by atoms with van der Waals surface area (Å²) in [5.41, 5.74) is -0.208. The Morgan fingerprint density at radius 1 is 1.86 bits per heavy atom. The maximum atomic E-state index is 5.53. The molecule has 4 heteroatoms. The summed E-state index contributed by atoms with van der Waals surface area (Å²) in [6, 6.07) is 0. The van der Waals surface area contributed by atoms with Crippen LogP contribution in [-0.4, -0.2) is 5.50 Å². The van der Waals surface area contributed by atoms with Crippen LogP contribution in [0.3, 0.4) is 0 Å². The molecule has 1 atom stereocenters. The van der Waals surface area contributed by atoms with E-state index in [1.54, 1.807) is 6.20 Å². The van der Waals surface area contributed by atoms with E-state index in [1.807, 2.05) is 0 Å². The van der Waals surface area contributed by atoms with Crippen LogP contribution < -0.4 is 0 Å². The number of halogens is 2. The summed E-state index contributed by atoms with van der Waals surface area (Å²) >= 11 is 7.63. The molecule has 0 radical (unpaired) electrons. The lowest BCUT2D eigenvalue weighted by Crippen LogP contribution is -1.83. The highest BCUT2D eigenvalue weighted by Gasteiger charge is 2.08. The molecule has 0 fully saturated rings. The van der Waals surface area contributed by atoms with Crippen molar-refractivity contribution in [1.29, 1.82) is 0 Å². The zero-order chi connectivity index (χ0) is 5.28. The second-order valence-electron chi connectivity index (χ2n) is 1.08. The van der Waals surface area contributed by atoms with Crippen molar-refractivity contribution in [3.8, 4) is 0 Å². The first-order chi connectivity index (χ1) is 3.30. The number of alkyl halides is 1. The van der Waals surface area contributed by atoms with Crippen LogP contribution in [0.5, 0.6) is 0 Å². The van der Waals surface area contributed by atoms with Gasteiger partial charge in [0.1, 0.15) is 0 Å². The van der Waals surface area contributed by atoms with Crippen LogP contribution >= 0.6 is 34.2 Å². The predicted molar refractivity (Wildman–Crippen MR) is 36.6 cm³/mol. The summed E-state index contributed by atoms with van der Waals surface area (Å²) in [5.74, 6) is 0. The maximum absolute atomic E-state index is 5.53. The SMILES string of the molecule is ClC1N=NC=C1I. The maximum Gasteiger partial charge on any atom is 0.177 e. The van der Waals surface area contributed by atoms with E-state index < -0.39 is 0 Å². The van der Waals surface area contributed by atoms with Gasteiger partial charge in [0.15, 0.2) is 5.50 Å². The van der Waals surface area contributed by atoms with Gasteiger partial charge >= 0.3 is 0 Å². The molecular formula is C3H2ClIN2. The Kier molecular flexibility index (Phi) is 1.64. The van der Waals surface area contributed by atoms with Gasteiger partial charge in [-0.15, -0.1) is 0 Å². The highest BCUT2D eigenvalue weighted by Crippen LogP contribution is 2.23. The second kappa shape index (κ2) is 2.09. The van der Waals surface area contributed by atoms with Gasteiger partial charge in [-0.2, -0.15) is 10.2 Å². The number of hydrogen-bond donors (Lipinski definition) is 0. The number of rotatable bonds is 0. The van der Waals surface area contributed by atoms with Crippen molar-refractivity contribution in [2.45, 2.75) is 5.50 Å². The molecular weight excluding hydrogens is 226 g/mol. The summed E-state index contributed by atoms with van der Waals surface area (Å²) in [6.07, 6.45) is 1.65. The molecule has 0 amide bonds. The van der Waals surface area contributed by atoms with Gasteiger partial charge in [-0.3, -0.25) is 0 Å². The first-order valence-corrected chi connectivity index (χ1v) is 3.22. The minimum atomic E-state index is -0.208. The Bertz CT molecular complexity index is 131. The third-order valence-electron chi connectivity index (χ3n) is 0.577. The van der Waals surface area contributed by atoms with Crippen molar-refractivity contribution in [3.63, 3.8) is 0 Å². The number of hydrogen-bond acceptors (Lipinski definition) is 2. The van der Waals surface area contributed by atoms with Crippen LogP contribution in [0.2, 0.25) is 0 Å². The molecule has 0 saturated heterocycles. The predicted octanol–water partition coefficient (Wildman–Crippen LogP) is 2.29. The fourth-order valence-corrected chi connectivity index (χ4v) is 0.620. The van der Waals surface area contributed by atoms with Gasteiger partial charge in [0.05, 0.1) is 9.78 Å². The molecule has 0 aromatic carbocycles. The molecule has 0 aliphatic carbocycles. The molecule has 38 valence electrons. The standard InChI is InChI=1S/C3H2ClIN2/c4-3-2(5)1-6-7-3/h1,3H. The van der Waals surface area contributed by atoms with E-state index in [9.17, 15) is 0 Å². The summed E-state index contributed by atoms with van der Waals surface area (Å²) in [4.78, 5) is 0. The normalized spacial score (nSPS) is 28.3. The average Bonchev–Trinajstić information content (AvgIpc) is 1.91. The van der Waals surface area contributed by atoms with Gasteiger partial charge < -0.3 is 0 Å². The molecule has 0 N–H and O–H groups in total. The van der Waals surface area contributed by atoms with E-state index in [2.05, 4.69) is 32.8 Å². The van der Waals surface area contributed by atoms with Crippen molar-refractivity contribution >= 4 is 34.2 Å². The van der Waals surface area contributed by atoms with Gasteiger partial charge in [0.25, 0.3) is 0 Å². The fourth-order valence-electron chi connectivity index (χ4n) is 0.264. The molecule has 0 spiro atoms. The quantitative estimate of drug-likeness (QED) is 0.345. The number of azo groups is 1. The fraction of sp³-hybridized carbons (Fsp3) is 0.333. The van der Waals surface area contributed by atoms with E-state index in [0.29, 0.717) is 0 Å². The first kappa shape index (κ1) is 5.50. The molecule has 1 unspecified atom stereocenters. The van der Waals surface area contributed by atoms with Crippen LogP contribution in [0.15, 0.2) is 20.0 Å². The van der Waals surface area contributed by atoms with Gasteiger partial charge in [0, 0.05) is 0 Å². The molecule has 1 rings (SSSR count). The van der Waals surface area contributed by atoms with Gasteiger partial charge in [0.2, 0.25) is 0 Å². The molecule has 2 nitrogen and oxygen atoms in total. The largest absolute Gasteiger partial charge is 0.177 e. The molecule has 1 heterocycles. The van der Waals surface area contributed by atoms with E-state index in [0.717, 1.165) is 3.58 Å². The minimum Gasteiger partial charge on any atom is -0.164 e. The zero-order valence-corrected chi connectivity index (χ0v) is 6.22. The molecule has 0 aromatic rings. The summed E-state index contributed by atoms with van der Waals surface area (Å²) in [7, 11) is 0. The van der Waals surface area contributed by atoms with Crippen molar-refractivity contribution in [1.82, 2.24) is 0 Å².